The van der Waals surface area contributed by atoms with E-state index < -0.39 is 0 Å². The Balaban J connectivity index is 1.44. The highest BCUT2D eigenvalue weighted by molar-refractivity contribution is 6.02. The van der Waals surface area contributed by atoms with E-state index in [2.05, 4.69) is 25.4 Å². The summed E-state index contributed by atoms with van der Waals surface area (Å²) in [6.45, 7) is 3.64. The summed E-state index contributed by atoms with van der Waals surface area (Å²) in [4.78, 5) is 18.8. The van der Waals surface area contributed by atoms with Crippen LogP contribution in [-0.4, -0.2) is 57.4 Å². The summed E-state index contributed by atoms with van der Waals surface area (Å²) in [5.41, 5.74) is 4.07. The van der Waals surface area contributed by atoms with E-state index >= 15 is 0 Å². The third-order valence-electron chi connectivity index (χ3n) is 4.92. The van der Waals surface area contributed by atoms with Crippen molar-refractivity contribution in [1.29, 1.82) is 0 Å². The number of hydrogen-bond donors (Lipinski definition) is 3. The van der Waals surface area contributed by atoms with Crippen LogP contribution < -0.4 is 5.32 Å². The van der Waals surface area contributed by atoms with Gasteiger partial charge < -0.3 is 15.2 Å². The summed E-state index contributed by atoms with van der Waals surface area (Å²) in [7, 11) is 0. The van der Waals surface area contributed by atoms with Crippen molar-refractivity contribution in [2.24, 2.45) is 0 Å². The van der Waals surface area contributed by atoms with Crippen LogP contribution in [0.3, 0.4) is 0 Å². The molecule has 0 unspecified atom stereocenters. The molecule has 3 heterocycles. The number of pyridine rings is 1. The normalized spacial score (nSPS) is 14.8. The molecule has 30 heavy (non-hydrogen) atoms. The van der Waals surface area contributed by atoms with Crippen LogP contribution in [0.1, 0.15) is 11.1 Å². The van der Waals surface area contributed by atoms with Crippen LogP contribution in [0.4, 0.5) is 5.69 Å². The van der Waals surface area contributed by atoms with Gasteiger partial charge in [-0.05, 0) is 35.9 Å². The van der Waals surface area contributed by atoms with Gasteiger partial charge in [-0.15, -0.1) is 0 Å². The third kappa shape index (κ3) is 4.91. The number of H-pyrrole nitrogens is 1. The molecule has 0 atom stereocenters. The lowest BCUT2D eigenvalue weighted by Gasteiger charge is -2.27. The van der Waals surface area contributed by atoms with Crippen LogP contribution >= 0.6 is 0 Å². The first kappa shape index (κ1) is 19.8. The zero-order chi connectivity index (χ0) is 20.8. The molecule has 0 spiro atoms. The molecule has 0 aliphatic carbocycles. The Kier molecular flexibility index (Phi) is 6.17. The lowest BCUT2D eigenvalue weighted by Crippen LogP contribution is -2.35. The lowest BCUT2D eigenvalue weighted by atomic mass is 10.0. The molecular formula is C22H23N5O3. The molecule has 4 rings (SSSR count). The Labute approximate surface area is 174 Å². The molecule has 8 heteroatoms. The van der Waals surface area contributed by atoms with E-state index in [4.69, 9.17) is 4.74 Å². The number of ether oxygens (including phenoxy) is 1. The van der Waals surface area contributed by atoms with E-state index in [-0.39, 0.29) is 11.7 Å². The predicted octanol–water partition coefficient (Wildman–Crippen LogP) is 2.66. The van der Waals surface area contributed by atoms with Gasteiger partial charge in [0.2, 0.25) is 5.91 Å². The van der Waals surface area contributed by atoms with Crippen molar-refractivity contribution in [3.8, 4) is 16.9 Å². The number of aromatic nitrogens is 3. The Morgan fingerprint density at radius 2 is 2.13 bits per heavy atom. The van der Waals surface area contributed by atoms with Gasteiger partial charge in [0.25, 0.3) is 0 Å². The summed E-state index contributed by atoms with van der Waals surface area (Å²) < 4.78 is 5.36. The molecule has 1 saturated heterocycles. The van der Waals surface area contributed by atoms with Crippen molar-refractivity contribution < 1.29 is 14.6 Å². The average molecular weight is 405 g/mol. The van der Waals surface area contributed by atoms with Gasteiger partial charge in [0.15, 0.2) is 0 Å². The highest BCUT2D eigenvalue weighted by Crippen LogP contribution is 2.24. The predicted molar refractivity (Wildman–Crippen MR) is 114 cm³/mol. The maximum atomic E-state index is 12.4. The maximum Gasteiger partial charge on any atom is 0.248 e. The second kappa shape index (κ2) is 9.34. The number of carbonyl (C=O) groups is 1. The molecule has 1 aromatic carbocycles. The number of rotatable bonds is 6. The number of aromatic amines is 1. The van der Waals surface area contributed by atoms with Crippen molar-refractivity contribution in [3.63, 3.8) is 0 Å². The minimum absolute atomic E-state index is 0.218. The fourth-order valence-corrected chi connectivity index (χ4v) is 3.34. The Morgan fingerprint density at radius 3 is 2.93 bits per heavy atom. The van der Waals surface area contributed by atoms with Crippen molar-refractivity contribution >= 4 is 17.7 Å². The first-order valence-electron chi connectivity index (χ1n) is 9.73. The average Bonchev–Trinajstić information content (AvgIpc) is 3.30. The number of morpholine rings is 1. The van der Waals surface area contributed by atoms with Crippen LogP contribution in [0.2, 0.25) is 0 Å². The van der Waals surface area contributed by atoms with Crippen LogP contribution in [0.15, 0.2) is 55.1 Å². The molecule has 3 N–H and O–H groups in total. The standard InChI is InChI=1S/C22H23N5O3/c28-21-3-2-19(11-17(21)15-27-7-9-30-10-8-27)26-22(29)4-1-16-12-23-6-5-20(16)18-13-24-25-14-18/h1-6,11-14,28H,7-10,15H2,(H,24,25)(H,26,29)/b4-1+. The Morgan fingerprint density at radius 1 is 1.27 bits per heavy atom. The van der Waals surface area contributed by atoms with Crippen molar-refractivity contribution in [2.45, 2.75) is 6.54 Å². The van der Waals surface area contributed by atoms with E-state index in [1.165, 1.54) is 6.08 Å². The number of anilines is 1. The van der Waals surface area contributed by atoms with E-state index in [1.54, 1.807) is 49.1 Å². The maximum absolute atomic E-state index is 12.4. The molecule has 1 fully saturated rings. The van der Waals surface area contributed by atoms with Gasteiger partial charge in [-0.3, -0.25) is 19.8 Å². The summed E-state index contributed by atoms with van der Waals surface area (Å²) in [5, 5.41) is 19.8. The Hall–Kier alpha value is -3.49. The van der Waals surface area contributed by atoms with Crippen molar-refractivity contribution in [3.05, 3.63) is 66.3 Å². The summed E-state index contributed by atoms with van der Waals surface area (Å²) in [5.74, 6) is -0.0462. The van der Waals surface area contributed by atoms with Crippen LogP contribution in [-0.2, 0) is 16.1 Å². The molecule has 0 bridgehead atoms. The molecule has 2 aromatic heterocycles. The number of hydrogen-bond acceptors (Lipinski definition) is 6. The second-order valence-electron chi connectivity index (χ2n) is 7.00. The number of carbonyl (C=O) groups excluding carboxylic acids is 1. The molecule has 0 saturated carbocycles. The van der Waals surface area contributed by atoms with Crippen LogP contribution in [0, 0.1) is 0 Å². The van der Waals surface area contributed by atoms with Gasteiger partial charge in [0.05, 0.1) is 19.4 Å². The SMILES string of the molecule is O=C(/C=C/c1cnccc1-c1cn[nH]c1)Nc1ccc(O)c(CN2CCOCC2)c1. The molecule has 1 aliphatic rings. The van der Waals surface area contributed by atoms with E-state index in [1.807, 2.05) is 6.07 Å². The van der Waals surface area contributed by atoms with Gasteiger partial charge in [0.1, 0.15) is 5.75 Å². The second-order valence-corrected chi connectivity index (χ2v) is 7.00. The minimum atomic E-state index is -0.264. The highest BCUT2D eigenvalue weighted by atomic mass is 16.5. The molecule has 1 amide bonds. The topological polar surface area (TPSA) is 103 Å². The van der Waals surface area contributed by atoms with Crippen molar-refractivity contribution in [2.75, 3.05) is 31.6 Å². The van der Waals surface area contributed by atoms with Gasteiger partial charge in [-0.1, -0.05) is 0 Å². The Bertz CT molecular complexity index is 1030. The quantitative estimate of drug-likeness (QED) is 0.430. The number of phenols is 1. The fraction of sp³-hybridized carbons (Fsp3) is 0.227. The zero-order valence-corrected chi connectivity index (χ0v) is 16.4. The van der Waals surface area contributed by atoms with E-state index in [0.29, 0.717) is 25.4 Å². The van der Waals surface area contributed by atoms with Gasteiger partial charge in [-0.2, -0.15) is 5.10 Å². The third-order valence-corrected chi connectivity index (χ3v) is 4.92. The van der Waals surface area contributed by atoms with E-state index in [0.717, 1.165) is 35.3 Å². The fourth-order valence-electron chi connectivity index (χ4n) is 3.34. The number of aromatic hydroxyl groups is 1. The first-order valence-corrected chi connectivity index (χ1v) is 9.73. The number of amides is 1. The molecule has 3 aromatic rings. The molecule has 8 nitrogen and oxygen atoms in total. The molecule has 0 radical (unpaired) electrons. The van der Waals surface area contributed by atoms with E-state index in [9.17, 15) is 9.90 Å². The highest BCUT2D eigenvalue weighted by Gasteiger charge is 2.13. The number of nitrogens with zero attached hydrogens (tertiary/aromatic N) is 3. The monoisotopic (exact) mass is 405 g/mol. The minimum Gasteiger partial charge on any atom is -0.508 e. The van der Waals surface area contributed by atoms with Gasteiger partial charge >= 0.3 is 0 Å². The molecular weight excluding hydrogens is 382 g/mol. The smallest absolute Gasteiger partial charge is 0.248 e. The molecule has 1 aliphatic heterocycles. The summed E-state index contributed by atoms with van der Waals surface area (Å²) in [6.07, 6.45) is 10.1. The number of nitrogens with one attached hydrogen (secondary N) is 2. The largest absolute Gasteiger partial charge is 0.508 e. The first-order chi connectivity index (χ1) is 14.7. The molecule has 154 valence electrons. The van der Waals surface area contributed by atoms with Gasteiger partial charge in [0, 0.05) is 66.7 Å². The van der Waals surface area contributed by atoms with Crippen molar-refractivity contribution in [1.82, 2.24) is 20.1 Å². The van der Waals surface area contributed by atoms with Crippen LogP contribution in [0.5, 0.6) is 5.75 Å². The zero-order valence-electron chi connectivity index (χ0n) is 16.4. The number of benzene rings is 1. The summed E-state index contributed by atoms with van der Waals surface area (Å²) in [6, 6.07) is 6.97. The number of phenolic OH excluding ortho intramolecular Hbond substituents is 1. The van der Waals surface area contributed by atoms with Crippen LogP contribution in [0.25, 0.3) is 17.2 Å². The lowest BCUT2D eigenvalue weighted by molar-refractivity contribution is -0.111. The summed E-state index contributed by atoms with van der Waals surface area (Å²) >= 11 is 0. The van der Waals surface area contributed by atoms with Gasteiger partial charge in [-0.25, -0.2) is 0 Å².